The summed E-state index contributed by atoms with van der Waals surface area (Å²) >= 11 is 0. The van der Waals surface area contributed by atoms with Gasteiger partial charge >= 0.3 is 0 Å². The average Bonchev–Trinajstić information content (AvgIpc) is 2.45. The van der Waals surface area contributed by atoms with E-state index < -0.39 is 6.10 Å². The van der Waals surface area contributed by atoms with Crippen LogP contribution in [0.5, 0.6) is 0 Å². The van der Waals surface area contributed by atoms with Crippen LogP contribution in [0, 0.1) is 17.7 Å². The fourth-order valence-corrected chi connectivity index (χ4v) is 1.75. The van der Waals surface area contributed by atoms with Crippen LogP contribution in [0.4, 0.5) is 4.39 Å². The van der Waals surface area contributed by atoms with E-state index in [9.17, 15) is 9.50 Å². The first-order chi connectivity index (χ1) is 9.25. The van der Waals surface area contributed by atoms with Gasteiger partial charge in [-0.05, 0) is 29.7 Å². The zero-order valence-corrected chi connectivity index (χ0v) is 10.5. The fourth-order valence-electron chi connectivity index (χ4n) is 1.75. The number of aryl methyl sites for hydroxylation is 1. The highest BCUT2D eigenvalue weighted by Crippen LogP contribution is 2.12. The molecule has 19 heavy (non-hydrogen) atoms. The van der Waals surface area contributed by atoms with Crippen molar-refractivity contribution in [1.29, 1.82) is 0 Å². The molecule has 0 aliphatic heterocycles. The quantitative estimate of drug-likeness (QED) is 0.831. The molecule has 0 aliphatic rings. The number of rotatable bonds is 3. The molecule has 2 aromatic rings. The molecule has 2 rings (SSSR count). The van der Waals surface area contributed by atoms with Crippen LogP contribution < -0.4 is 0 Å². The summed E-state index contributed by atoms with van der Waals surface area (Å²) in [5.74, 6) is 5.41. The molecule has 1 unspecified atom stereocenters. The van der Waals surface area contributed by atoms with Crippen LogP contribution in [-0.2, 0) is 6.42 Å². The highest BCUT2D eigenvalue weighted by atomic mass is 19.1. The normalized spacial score (nSPS) is 11.5. The number of aliphatic hydroxyl groups is 1. The monoisotopic (exact) mass is 254 g/mol. The lowest BCUT2D eigenvalue weighted by Gasteiger charge is -2.02. The van der Waals surface area contributed by atoms with Crippen molar-refractivity contribution in [1.82, 2.24) is 0 Å². The third-order valence-corrected chi connectivity index (χ3v) is 2.81. The van der Waals surface area contributed by atoms with Gasteiger partial charge in [0.25, 0.3) is 0 Å². The molecule has 0 saturated carbocycles. The van der Waals surface area contributed by atoms with Crippen LogP contribution in [0.3, 0.4) is 0 Å². The zero-order valence-electron chi connectivity index (χ0n) is 10.5. The molecule has 0 spiro atoms. The maximum absolute atomic E-state index is 12.7. The summed E-state index contributed by atoms with van der Waals surface area (Å²) in [6.07, 6.45) is 0.711. The highest BCUT2D eigenvalue weighted by molar-refractivity contribution is 5.25. The molecule has 0 saturated heterocycles. The van der Waals surface area contributed by atoms with E-state index in [1.54, 1.807) is 12.1 Å². The molecule has 0 heterocycles. The molecular weight excluding hydrogens is 239 g/mol. The van der Waals surface area contributed by atoms with Crippen molar-refractivity contribution in [2.24, 2.45) is 0 Å². The topological polar surface area (TPSA) is 20.2 Å². The van der Waals surface area contributed by atoms with E-state index in [4.69, 9.17) is 0 Å². The lowest BCUT2D eigenvalue weighted by Crippen LogP contribution is -1.93. The summed E-state index contributed by atoms with van der Waals surface area (Å²) < 4.78 is 12.7. The fraction of sp³-hybridized carbons (Fsp3) is 0.176. The van der Waals surface area contributed by atoms with Crippen LogP contribution in [0.1, 0.15) is 23.7 Å². The third kappa shape index (κ3) is 4.24. The molecule has 1 atom stereocenters. The summed E-state index contributed by atoms with van der Waals surface area (Å²) in [6.45, 7) is 0. The Bertz CT molecular complexity index is 564. The van der Waals surface area contributed by atoms with E-state index >= 15 is 0 Å². The van der Waals surface area contributed by atoms with Gasteiger partial charge in [0.1, 0.15) is 11.9 Å². The minimum atomic E-state index is -0.851. The van der Waals surface area contributed by atoms with Crippen molar-refractivity contribution in [3.8, 4) is 11.8 Å². The SMILES string of the molecule is OC(C#CCCc1ccccc1)c1ccc(F)cc1. The van der Waals surface area contributed by atoms with Crippen molar-refractivity contribution in [2.45, 2.75) is 18.9 Å². The maximum atomic E-state index is 12.7. The maximum Gasteiger partial charge on any atom is 0.140 e. The summed E-state index contributed by atoms with van der Waals surface area (Å²) in [4.78, 5) is 0. The van der Waals surface area contributed by atoms with Gasteiger partial charge in [-0.15, -0.1) is 0 Å². The Hall–Kier alpha value is -2.11. The minimum Gasteiger partial charge on any atom is -0.376 e. The third-order valence-electron chi connectivity index (χ3n) is 2.81. The van der Waals surface area contributed by atoms with Gasteiger partial charge in [0.05, 0.1) is 0 Å². The minimum absolute atomic E-state index is 0.312. The van der Waals surface area contributed by atoms with Crippen molar-refractivity contribution < 1.29 is 9.50 Å². The molecule has 0 aromatic heterocycles. The molecule has 0 aliphatic carbocycles. The number of benzene rings is 2. The molecule has 2 aromatic carbocycles. The van der Waals surface area contributed by atoms with Gasteiger partial charge < -0.3 is 5.11 Å². The summed E-state index contributed by atoms with van der Waals surface area (Å²) in [5, 5.41) is 9.81. The lowest BCUT2D eigenvalue weighted by molar-refractivity contribution is 0.238. The Labute approximate surface area is 112 Å². The molecule has 1 N–H and O–H groups in total. The molecule has 0 radical (unpaired) electrons. The van der Waals surface area contributed by atoms with Crippen molar-refractivity contribution in [2.75, 3.05) is 0 Å². The number of aliphatic hydroxyl groups excluding tert-OH is 1. The van der Waals surface area contributed by atoms with E-state index in [0.717, 1.165) is 6.42 Å². The van der Waals surface area contributed by atoms with Gasteiger partial charge in [-0.3, -0.25) is 0 Å². The van der Waals surface area contributed by atoms with Crippen LogP contribution in [0.25, 0.3) is 0 Å². The second-order valence-corrected chi connectivity index (χ2v) is 4.26. The first-order valence-corrected chi connectivity index (χ1v) is 6.21. The first kappa shape index (κ1) is 13.3. The van der Waals surface area contributed by atoms with Crippen LogP contribution >= 0.6 is 0 Å². The van der Waals surface area contributed by atoms with Crippen molar-refractivity contribution in [3.63, 3.8) is 0 Å². The first-order valence-electron chi connectivity index (χ1n) is 6.21. The molecule has 1 nitrogen and oxygen atoms in total. The Morgan fingerprint density at radius 1 is 1.00 bits per heavy atom. The number of halogens is 1. The van der Waals surface area contributed by atoms with E-state index in [2.05, 4.69) is 24.0 Å². The van der Waals surface area contributed by atoms with E-state index in [1.807, 2.05) is 18.2 Å². The van der Waals surface area contributed by atoms with Crippen molar-refractivity contribution >= 4 is 0 Å². The Balaban J connectivity index is 1.88. The second-order valence-electron chi connectivity index (χ2n) is 4.26. The van der Waals surface area contributed by atoms with Gasteiger partial charge in [-0.1, -0.05) is 54.3 Å². The van der Waals surface area contributed by atoms with Gasteiger partial charge in [-0.25, -0.2) is 4.39 Å². The zero-order chi connectivity index (χ0) is 13.5. The number of hydrogen-bond donors (Lipinski definition) is 1. The summed E-state index contributed by atoms with van der Waals surface area (Å²) in [7, 11) is 0. The van der Waals surface area contributed by atoms with Gasteiger partial charge in [0, 0.05) is 6.42 Å². The van der Waals surface area contributed by atoms with Crippen LogP contribution in [-0.4, -0.2) is 5.11 Å². The van der Waals surface area contributed by atoms with Crippen LogP contribution in [0.2, 0.25) is 0 Å². The largest absolute Gasteiger partial charge is 0.376 e. The average molecular weight is 254 g/mol. The molecular formula is C17H15FO. The standard InChI is InChI=1S/C17H15FO/c18-16-12-10-15(11-13-16)17(19)9-5-4-8-14-6-2-1-3-7-14/h1-3,6-7,10-13,17,19H,4,8H2. The predicted molar refractivity (Wildman–Crippen MR) is 73.9 cm³/mol. The summed E-state index contributed by atoms with van der Waals surface area (Å²) in [5.41, 5.74) is 1.85. The molecule has 0 fully saturated rings. The summed E-state index contributed by atoms with van der Waals surface area (Å²) in [6, 6.07) is 15.8. The smallest absolute Gasteiger partial charge is 0.140 e. The second kappa shape index (κ2) is 6.72. The van der Waals surface area contributed by atoms with Gasteiger partial charge in [-0.2, -0.15) is 0 Å². The Kier molecular flexibility index (Phi) is 4.72. The van der Waals surface area contributed by atoms with Gasteiger partial charge in [0.15, 0.2) is 0 Å². The number of hydrogen-bond acceptors (Lipinski definition) is 1. The molecule has 0 bridgehead atoms. The Morgan fingerprint density at radius 2 is 1.68 bits per heavy atom. The van der Waals surface area contributed by atoms with E-state index in [-0.39, 0.29) is 5.82 Å². The Morgan fingerprint density at radius 3 is 2.37 bits per heavy atom. The van der Waals surface area contributed by atoms with E-state index in [1.165, 1.54) is 17.7 Å². The highest BCUT2D eigenvalue weighted by Gasteiger charge is 2.02. The molecule has 2 heteroatoms. The molecule has 96 valence electrons. The van der Waals surface area contributed by atoms with Gasteiger partial charge in [0.2, 0.25) is 0 Å². The van der Waals surface area contributed by atoms with Crippen LogP contribution in [0.15, 0.2) is 54.6 Å². The molecule has 0 amide bonds. The predicted octanol–water partition coefficient (Wildman–Crippen LogP) is 3.50. The lowest BCUT2D eigenvalue weighted by atomic mass is 10.1. The van der Waals surface area contributed by atoms with E-state index in [0.29, 0.717) is 12.0 Å². The van der Waals surface area contributed by atoms with Crippen molar-refractivity contribution in [3.05, 3.63) is 71.5 Å².